The molecule has 14 heavy (non-hydrogen) atoms. The summed E-state index contributed by atoms with van der Waals surface area (Å²) in [7, 11) is 0. The van der Waals surface area contributed by atoms with Crippen molar-refractivity contribution in [1.29, 1.82) is 0 Å². The van der Waals surface area contributed by atoms with E-state index in [0.717, 1.165) is 12.8 Å². The zero-order chi connectivity index (χ0) is 10.7. The highest BCUT2D eigenvalue weighted by Gasteiger charge is 2.31. The molecule has 0 spiro atoms. The van der Waals surface area contributed by atoms with Crippen molar-refractivity contribution in [2.24, 2.45) is 11.8 Å². The predicted octanol–water partition coefficient (Wildman–Crippen LogP) is 2.93. The molecule has 0 amide bonds. The first kappa shape index (κ1) is 11.3. The van der Waals surface area contributed by atoms with E-state index in [4.69, 9.17) is 4.74 Å². The summed E-state index contributed by atoms with van der Waals surface area (Å²) in [6, 6.07) is 0. The highest BCUT2D eigenvalue weighted by molar-refractivity contribution is 5.87. The molecule has 1 aliphatic carbocycles. The molecule has 0 N–H and O–H groups in total. The molecule has 0 aromatic rings. The molecule has 0 aliphatic heterocycles. The number of carbonyl (C=O) groups excluding carboxylic acids is 1. The van der Waals surface area contributed by atoms with Crippen LogP contribution in [0, 0.1) is 11.8 Å². The Bertz CT molecular complexity index is 232. The lowest BCUT2D eigenvalue weighted by atomic mass is 10.1. The zero-order valence-corrected chi connectivity index (χ0v) is 9.38. The molecule has 2 heteroatoms. The standard InChI is InChI=1S/C12H20O2/c1-5-9(3)12(13)14-11-7-8(2)6-10(11)4/h8,10-11H,3,5-7H2,1-2,4H3. The average molecular weight is 196 g/mol. The summed E-state index contributed by atoms with van der Waals surface area (Å²) in [4.78, 5) is 11.5. The van der Waals surface area contributed by atoms with Crippen molar-refractivity contribution in [3.8, 4) is 0 Å². The van der Waals surface area contributed by atoms with E-state index in [0.29, 0.717) is 23.8 Å². The Morgan fingerprint density at radius 3 is 2.50 bits per heavy atom. The Hall–Kier alpha value is -0.790. The van der Waals surface area contributed by atoms with Gasteiger partial charge in [0.15, 0.2) is 0 Å². The minimum absolute atomic E-state index is 0.112. The maximum atomic E-state index is 11.5. The van der Waals surface area contributed by atoms with Crippen molar-refractivity contribution < 1.29 is 9.53 Å². The van der Waals surface area contributed by atoms with Crippen LogP contribution >= 0.6 is 0 Å². The number of rotatable bonds is 3. The summed E-state index contributed by atoms with van der Waals surface area (Å²) in [5, 5.41) is 0. The smallest absolute Gasteiger partial charge is 0.333 e. The van der Waals surface area contributed by atoms with Crippen molar-refractivity contribution >= 4 is 5.97 Å². The number of ether oxygens (including phenoxy) is 1. The second kappa shape index (κ2) is 4.63. The zero-order valence-electron chi connectivity index (χ0n) is 9.38. The monoisotopic (exact) mass is 196 g/mol. The quantitative estimate of drug-likeness (QED) is 0.512. The van der Waals surface area contributed by atoms with E-state index in [1.54, 1.807) is 0 Å². The van der Waals surface area contributed by atoms with Crippen LogP contribution in [0.2, 0.25) is 0 Å². The average Bonchev–Trinajstić information content (AvgIpc) is 2.44. The Kier molecular flexibility index (Phi) is 3.73. The molecule has 80 valence electrons. The second-order valence-electron chi connectivity index (χ2n) is 4.45. The molecule has 1 aliphatic rings. The Labute approximate surface area is 86.3 Å². The molecule has 0 radical (unpaired) electrons. The fourth-order valence-electron chi connectivity index (χ4n) is 2.04. The van der Waals surface area contributed by atoms with Crippen molar-refractivity contribution in [3.05, 3.63) is 12.2 Å². The van der Waals surface area contributed by atoms with Crippen LogP contribution in [0.1, 0.15) is 40.0 Å². The lowest BCUT2D eigenvalue weighted by molar-refractivity contribution is -0.145. The van der Waals surface area contributed by atoms with Gasteiger partial charge in [0.05, 0.1) is 0 Å². The van der Waals surface area contributed by atoms with Crippen LogP contribution in [-0.4, -0.2) is 12.1 Å². The molecule has 1 fully saturated rings. The molecule has 0 aromatic heterocycles. The van der Waals surface area contributed by atoms with Crippen molar-refractivity contribution in [3.63, 3.8) is 0 Å². The first-order valence-electron chi connectivity index (χ1n) is 5.43. The van der Waals surface area contributed by atoms with E-state index in [2.05, 4.69) is 20.4 Å². The first-order valence-corrected chi connectivity index (χ1v) is 5.43. The molecular formula is C12H20O2. The molecule has 0 aromatic carbocycles. The van der Waals surface area contributed by atoms with Crippen LogP contribution in [0.5, 0.6) is 0 Å². The van der Waals surface area contributed by atoms with E-state index in [1.807, 2.05) is 6.92 Å². The predicted molar refractivity (Wildman–Crippen MR) is 56.9 cm³/mol. The normalized spacial score (nSPS) is 31.5. The van der Waals surface area contributed by atoms with Gasteiger partial charge in [-0.05, 0) is 31.1 Å². The number of hydrogen-bond donors (Lipinski definition) is 0. The molecular weight excluding hydrogens is 176 g/mol. The van der Waals surface area contributed by atoms with Crippen molar-refractivity contribution in [1.82, 2.24) is 0 Å². The minimum Gasteiger partial charge on any atom is -0.459 e. The van der Waals surface area contributed by atoms with Gasteiger partial charge >= 0.3 is 5.97 Å². The third-order valence-electron chi connectivity index (χ3n) is 3.02. The van der Waals surface area contributed by atoms with Gasteiger partial charge in [-0.25, -0.2) is 4.79 Å². The van der Waals surface area contributed by atoms with Gasteiger partial charge < -0.3 is 4.74 Å². The fourth-order valence-corrected chi connectivity index (χ4v) is 2.04. The lowest BCUT2D eigenvalue weighted by Gasteiger charge is -2.16. The summed E-state index contributed by atoms with van der Waals surface area (Å²) >= 11 is 0. The topological polar surface area (TPSA) is 26.3 Å². The lowest BCUT2D eigenvalue weighted by Crippen LogP contribution is -2.21. The minimum atomic E-state index is -0.210. The molecule has 3 atom stereocenters. The van der Waals surface area contributed by atoms with Crippen LogP contribution in [0.15, 0.2) is 12.2 Å². The third-order valence-corrected chi connectivity index (χ3v) is 3.02. The SMILES string of the molecule is C=C(CC)C(=O)OC1CC(C)CC1C. The van der Waals surface area contributed by atoms with E-state index in [-0.39, 0.29) is 12.1 Å². The van der Waals surface area contributed by atoms with E-state index < -0.39 is 0 Å². The van der Waals surface area contributed by atoms with Crippen molar-refractivity contribution in [2.45, 2.75) is 46.1 Å². The molecule has 0 saturated heterocycles. The van der Waals surface area contributed by atoms with E-state index in [1.165, 1.54) is 0 Å². The molecule has 2 nitrogen and oxygen atoms in total. The van der Waals surface area contributed by atoms with Gasteiger partial charge in [-0.1, -0.05) is 27.4 Å². The van der Waals surface area contributed by atoms with Gasteiger partial charge in [-0.15, -0.1) is 0 Å². The largest absolute Gasteiger partial charge is 0.459 e. The van der Waals surface area contributed by atoms with Crippen molar-refractivity contribution in [2.75, 3.05) is 0 Å². The van der Waals surface area contributed by atoms with E-state index in [9.17, 15) is 4.79 Å². The molecule has 1 saturated carbocycles. The summed E-state index contributed by atoms with van der Waals surface area (Å²) in [5.74, 6) is 0.967. The van der Waals surface area contributed by atoms with Gasteiger partial charge in [0.25, 0.3) is 0 Å². The van der Waals surface area contributed by atoms with Gasteiger partial charge in [-0.2, -0.15) is 0 Å². The maximum Gasteiger partial charge on any atom is 0.333 e. The Balaban J connectivity index is 2.45. The number of hydrogen-bond acceptors (Lipinski definition) is 2. The van der Waals surface area contributed by atoms with E-state index >= 15 is 0 Å². The summed E-state index contributed by atoms with van der Waals surface area (Å²) in [6.45, 7) is 9.96. The van der Waals surface area contributed by atoms with Crippen LogP contribution in [-0.2, 0) is 9.53 Å². The van der Waals surface area contributed by atoms with Crippen LogP contribution < -0.4 is 0 Å². The van der Waals surface area contributed by atoms with Crippen LogP contribution in [0.25, 0.3) is 0 Å². The highest BCUT2D eigenvalue weighted by atomic mass is 16.5. The molecule has 1 rings (SSSR count). The highest BCUT2D eigenvalue weighted by Crippen LogP contribution is 2.33. The van der Waals surface area contributed by atoms with Crippen LogP contribution in [0.4, 0.5) is 0 Å². The summed E-state index contributed by atoms with van der Waals surface area (Å²) < 4.78 is 5.41. The number of esters is 1. The summed E-state index contributed by atoms with van der Waals surface area (Å²) in [6.07, 6.45) is 2.96. The number of carbonyl (C=O) groups is 1. The Morgan fingerprint density at radius 1 is 1.43 bits per heavy atom. The first-order chi connectivity index (χ1) is 6.54. The second-order valence-corrected chi connectivity index (χ2v) is 4.45. The third kappa shape index (κ3) is 2.60. The van der Waals surface area contributed by atoms with Gasteiger partial charge in [0.1, 0.15) is 6.10 Å². The van der Waals surface area contributed by atoms with Gasteiger partial charge in [0, 0.05) is 5.57 Å². The summed E-state index contributed by atoms with van der Waals surface area (Å²) in [5.41, 5.74) is 0.580. The van der Waals surface area contributed by atoms with Gasteiger partial charge in [0.2, 0.25) is 0 Å². The molecule has 0 heterocycles. The molecule has 0 bridgehead atoms. The Morgan fingerprint density at radius 2 is 2.07 bits per heavy atom. The van der Waals surface area contributed by atoms with Crippen LogP contribution in [0.3, 0.4) is 0 Å². The molecule has 3 unspecified atom stereocenters. The maximum absolute atomic E-state index is 11.5. The van der Waals surface area contributed by atoms with Gasteiger partial charge in [-0.3, -0.25) is 0 Å². The fraction of sp³-hybridized carbons (Fsp3) is 0.750.